The third-order valence-electron chi connectivity index (χ3n) is 6.74. The Labute approximate surface area is 205 Å². The zero-order valence-corrected chi connectivity index (χ0v) is 20.2. The number of carbonyl (C=O) groups excluding carboxylic acids is 2. The van der Waals surface area contributed by atoms with E-state index in [0.29, 0.717) is 24.3 Å². The van der Waals surface area contributed by atoms with Gasteiger partial charge >= 0.3 is 0 Å². The summed E-state index contributed by atoms with van der Waals surface area (Å²) < 4.78 is 15.5. The van der Waals surface area contributed by atoms with Crippen LogP contribution in [-0.4, -0.2) is 57.6 Å². The van der Waals surface area contributed by atoms with Crippen LogP contribution in [0.15, 0.2) is 72.9 Å². The fraction of sp³-hybridized carbons (Fsp3) is 0.321. The van der Waals surface area contributed by atoms with Gasteiger partial charge in [0, 0.05) is 51.1 Å². The topological polar surface area (TPSA) is 58.4 Å². The Bertz CT molecular complexity index is 1180. The average Bonchev–Trinajstić information content (AvgIpc) is 3.32. The number of aromatic nitrogens is 2. The average molecular weight is 475 g/mol. The van der Waals surface area contributed by atoms with Gasteiger partial charge in [-0.05, 0) is 49.0 Å². The van der Waals surface area contributed by atoms with Gasteiger partial charge in [-0.25, -0.2) is 4.39 Å². The lowest BCUT2D eigenvalue weighted by Gasteiger charge is -2.39. The van der Waals surface area contributed by atoms with Crippen LogP contribution in [0.3, 0.4) is 0 Å². The van der Waals surface area contributed by atoms with Crippen molar-refractivity contribution in [1.82, 2.24) is 19.6 Å². The number of nitrogens with zero attached hydrogens (tertiary/aromatic N) is 4. The van der Waals surface area contributed by atoms with Gasteiger partial charge in [-0.1, -0.05) is 48.5 Å². The SMILES string of the molecule is CN(C(=O)c1ccn(C)n1)C(Cc1ccccc1)C1CCN(C(=O)/C=C/c2ccccc2F)CC1. The third kappa shape index (κ3) is 6.04. The first-order valence-electron chi connectivity index (χ1n) is 11.9. The smallest absolute Gasteiger partial charge is 0.274 e. The van der Waals surface area contributed by atoms with Crippen LogP contribution < -0.4 is 0 Å². The molecule has 182 valence electrons. The predicted octanol–water partition coefficient (Wildman–Crippen LogP) is 4.19. The second-order valence-corrected chi connectivity index (χ2v) is 9.07. The molecule has 0 spiro atoms. The lowest BCUT2D eigenvalue weighted by atomic mass is 9.84. The second-order valence-electron chi connectivity index (χ2n) is 9.07. The highest BCUT2D eigenvalue weighted by Gasteiger charge is 2.33. The molecule has 6 nitrogen and oxygen atoms in total. The summed E-state index contributed by atoms with van der Waals surface area (Å²) in [6, 6.07) is 18.3. The fourth-order valence-corrected chi connectivity index (χ4v) is 4.72. The Morgan fingerprint density at radius 2 is 1.77 bits per heavy atom. The number of halogens is 1. The van der Waals surface area contributed by atoms with E-state index in [0.717, 1.165) is 19.3 Å². The van der Waals surface area contributed by atoms with Gasteiger partial charge in [0.2, 0.25) is 5.91 Å². The normalized spacial score (nSPS) is 15.3. The molecule has 2 amide bonds. The number of benzene rings is 2. The van der Waals surface area contributed by atoms with E-state index in [2.05, 4.69) is 17.2 Å². The molecule has 1 atom stereocenters. The molecule has 0 saturated carbocycles. The standard InChI is InChI=1S/C28H31FN4O2/c1-31-17-16-25(30-31)28(35)32(2)26(20-21-8-4-3-5-9-21)23-14-18-33(19-15-23)27(34)13-12-22-10-6-7-11-24(22)29/h3-13,16-17,23,26H,14-15,18-20H2,1-2H3/b13-12+. The van der Waals surface area contributed by atoms with E-state index in [1.54, 1.807) is 47.1 Å². The predicted molar refractivity (Wildman–Crippen MR) is 134 cm³/mol. The van der Waals surface area contributed by atoms with Crippen LogP contribution in [0.5, 0.6) is 0 Å². The van der Waals surface area contributed by atoms with Gasteiger partial charge in [-0.2, -0.15) is 5.10 Å². The number of carbonyl (C=O) groups is 2. The van der Waals surface area contributed by atoms with E-state index >= 15 is 0 Å². The van der Waals surface area contributed by atoms with Crippen LogP contribution in [0.25, 0.3) is 6.08 Å². The molecule has 35 heavy (non-hydrogen) atoms. The summed E-state index contributed by atoms with van der Waals surface area (Å²) in [6.07, 6.45) is 7.05. The maximum absolute atomic E-state index is 13.9. The summed E-state index contributed by atoms with van der Waals surface area (Å²) in [5.41, 5.74) is 2.00. The van der Waals surface area contributed by atoms with Gasteiger partial charge in [-0.15, -0.1) is 0 Å². The van der Waals surface area contributed by atoms with E-state index in [1.807, 2.05) is 30.1 Å². The molecule has 1 aliphatic heterocycles. The number of amides is 2. The highest BCUT2D eigenvalue weighted by Crippen LogP contribution is 2.27. The molecule has 7 heteroatoms. The molecule has 3 aromatic rings. The Kier molecular flexibility index (Phi) is 7.75. The molecule has 2 heterocycles. The molecule has 1 aliphatic rings. The summed E-state index contributed by atoms with van der Waals surface area (Å²) in [6.45, 7) is 1.20. The van der Waals surface area contributed by atoms with Crippen LogP contribution in [-0.2, 0) is 18.3 Å². The number of hydrogen-bond donors (Lipinski definition) is 0. The quantitative estimate of drug-likeness (QED) is 0.483. The van der Waals surface area contributed by atoms with Gasteiger partial charge in [0.05, 0.1) is 0 Å². The molecule has 2 aromatic carbocycles. The summed E-state index contributed by atoms with van der Waals surface area (Å²) in [5.74, 6) is -0.325. The largest absolute Gasteiger partial charge is 0.339 e. The number of rotatable bonds is 7. The van der Waals surface area contributed by atoms with Crippen LogP contribution in [0.2, 0.25) is 0 Å². The lowest BCUT2D eigenvalue weighted by Crippen LogP contribution is -2.48. The number of piperidine rings is 1. The fourth-order valence-electron chi connectivity index (χ4n) is 4.72. The van der Waals surface area contributed by atoms with E-state index in [4.69, 9.17) is 0 Å². The summed E-state index contributed by atoms with van der Waals surface area (Å²) in [4.78, 5) is 29.5. The van der Waals surface area contributed by atoms with Crippen molar-refractivity contribution in [2.75, 3.05) is 20.1 Å². The maximum atomic E-state index is 13.9. The monoisotopic (exact) mass is 474 g/mol. The van der Waals surface area contributed by atoms with Crippen LogP contribution in [0.1, 0.15) is 34.5 Å². The minimum absolute atomic E-state index is 0.0156. The Morgan fingerprint density at radius 1 is 1.09 bits per heavy atom. The van der Waals surface area contributed by atoms with Gasteiger partial charge in [0.15, 0.2) is 0 Å². The molecule has 4 rings (SSSR count). The van der Waals surface area contributed by atoms with Crippen molar-refractivity contribution in [3.05, 3.63) is 95.6 Å². The molecular weight excluding hydrogens is 443 g/mol. The Hall–Kier alpha value is -3.74. The number of likely N-dealkylation sites (tertiary alicyclic amines) is 1. The van der Waals surface area contributed by atoms with Crippen LogP contribution in [0, 0.1) is 11.7 Å². The molecule has 0 aliphatic carbocycles. The minimum Gasteiger partial charge on any atom is -0.339 e. The number of hydrogen-bond acceptors (Lipinski definition) is 3. The lowest BCUT2D eigenvalue weighted by molar-refractivity contribution is -0.127. The zero-order chi connectivity index (χ0) is 24.8. The van der Waals surface area contributed by atoms with Gasteiger partial charge in [0.1, 0.15) is 11.5 Å². The summed E-state index contributed by atoms with van der Waals surface area (Å²) in [5, 5.41) is 4.29. The Balaban J connectivity index is 1.44. The van der Waals surface area contributed by atoms with Crippen molar-refractivity contribution in [2.45, 2.75) is 25.3 Å². The van der Waals surface area contributed by atoms with Crippen LogP contribution in [0.4, 0.5) is 4.39 Å². The van der Waals surface area contributed by atoms with Crippen molar-refractivity contribution < 1.29 is 14.0 Å². The third-order valence-corrected chi connectivity index (χ3v) is 6.74. The van der Waals surface area contributed by atoms with Crippen molar-refractivity contribution in [2.24, 2.45) is 13.0 Å². The van der Waals surface area contributed by atoms with Crippen molar-refractivity contribution in [1.29, 1.82) is 0 Å². The first-order chi connectivity index (χ1) is 16.9. The molecular formula is C28H31FN4O2. The first kappa shape index (κ1) is 24.4. The molecule has 0 radical (unpaired) electrons. The summed E-state index contributed by atoms with van der Waals surface area (Å²) >= 11 is 0. The van der Waals surface area contributed by atoms with E-state index < -0.39 is 0 Å². The van der Waals surface area contributed by atoms with Gasteiger partial charge in [0.25, 0.3) is 5.91 Å². The highest BCUT2D eigenvalue weighted by atomic mass is 19.1. The van der Waals surface area contributed by atoms with Crippen molar-refractivity contribution >= 4 is 17.9 Å². The van der Waals surface area contributed by atoms with Crippen molar-refractivity contribution in [3.8, 4) is 0 Å². The Morgan fingerprint density at radius 3 is 2.43 bits per heavy atom. The first-order valence-corrected chi connectivity index (χ1v) is 11.9. The molecule has 1 unspecified atom stereocenters. The second kappa shape index (κ2) is 11.1. The molecule has 1 fully saturated rings. The number of likely N-dealkylation sites (N-methyl/N-ethyl adjacent to an activating group) is 1. The maximum Gasteiger partial charge on any atom is 0.274 e. The van der Waals surface area contributed by atoms with E-state index in [1.165, 1.54) is 23.8 Å². The van der Waals surface area contributed by atoms with Gasteiger partial charge < -0.3 is 9.80 Å². The van der Waals surface area contributed by atoms with Gasteiger partial charge in [-0.3, -0.25) is 14.3 Å². The van der Waals surface area contributed by atoms with E-state index in [9.17, 15) is 14.0 Å². The minimum atomic E-state index is -0.348. The van der Waals surface area contributed by atoms with Crippen molar-refractivity contribution in [3.63, 3.8) is 0 Å². The molecule has 0 N–H and O–H groups in total. The molecule has 1 saturated heterocycles. The molecule has 1 aromatic heterocycles. The van der Waals surface area contributed by atoms with Crippen LogP contribution >= 0.6 is 0 Å². The molecule has 0 bridgehead atoms. The van der Waals surface area contributed by atoms with E-state index in [-0.39, 0.29) is 29.6 Å². The summed E-state index contributed by atoms with van der Waals surface area (Å²) in [7, 11) is 3.64. The zero-order valence-electron chi connectivity index (χ0n) is 20.2. The number of aryl methyl sites for hydroxylation is 1. The highest BCUT2D eigenvalue weighted by molar-refractivity contribution is 5.92.